The minimum absolute atomic E-state index is 0.0328. The first-order chi connectivity index (χ1) is 11.1. The smallest absolute Gasteiger partial charge is 0.227 e. The summed E-state index contributed by atoms with van der Waals surface area (Å²) in [6.45, 7) is 2.82. The van der Waals surface area contributed by atoms with Gasteiger partial charge in [0, 0.05) is 44.5 Å². The van der Waals surface area contributed by atoms with E-state index in [4.69, 9.17) is 0 Å². The molecule has 1 N–H and O–H groups in total. The highest BCUT2D eigenvalue weighted by Gasteiger charge is 2.26. The number of nitrogens with one attached hydrogen (secondary N) is 1. The maximum Gasteiger partial charge on any atom is 0.227 e. The molecule has 23 heavy (non-hydrogen) atoms. The molecule has 0 saturated carbocycles. The summed E-state index contributed by atoms with van der Waals surface area (Å²) >= 11 is 0. The molecule has 3 heterocycles. The van der Waals surface area contributed by atoms with Crippen LogP contribution in [0.5, 0.6) is 0 Å². The van der Waals surface area contributed by atoms with Crippen LogP contribution in [0.2, 0.25) is 0 Å². The van der Waals surface area contributed by atoms with E-state index in [1.54, 1.807) is 47.2 Å². The summed E-state index contributed by atoms with van der Waals surface area (Å²) in [6.07, 6.45) is 6.48. The number of aromatic nitrogens is 3. The Morgan fingerprint density at radius 1 is 1.22 bits per heavy atom. The Morgan fingerprint density at radius 2 is 2.00 bits per heavy atom. The molecule has 0 atom stereocenters. The van der Waals surface area contributed by atoms with Crippen molar-refractivity contribution < 1.29 is 9.59 Å². The quantitative estimate of drug-likeness (QED) is 0.930. The zero-order chi connectivity index (χ0) is 16.2. The van der Waals surface area contributed by atoms with Crippen molar-refractivity contribution in [1.82, 2.24) is 19.7 Å². The first kappa shape index (κ1) is 15.2. The second-order valence-electron chi connectivity index (χ2n) is 5.59. The maximum absolute atomic E-state index is 12.5. The van der Waals surface area contributed by atoms with Crippen LogP contribution in [0, 0.1) is 5.92 Å². The van der Waals surface area contributed by atoms with Gasteiger partial charge in [0.05, 0.1) is 5.69 Å². The van der Waals surface area contributed by atoms with E-state index in [0.29, 0.717) is 37.4 Å². The van der Waals surface area contributed by atoms with Gasteiger partial charge in [-0.3, -0.25) is 9.59 Å². The van der Waals surface area contributed by atoms with Crippen molar-refractivity contribution in [3.8, 4) is 5.82 Å². The molecule has 0 aromatic carbocycles. The van der Waals surface area contributed by atoms with E-state index in [0.717, 1.165) is 0 Å². The molecule has 1 aliphatic rings. The Balaban J connectivity index is 1.69. The van der Waals surface area contributed by atoms with Crippen LogP contribution in [0.25, 0.3) is 5.82 Å². The molecule has 120 valence electrons. The van der Waals surface area contributed by atoms with E-state index in [1.807, 2.05) is 6.07 Å². The Labute approximate surface area is 134 Å². The van der Waals surface area contributed by atoms with Crippen LogP contribution in [0.4, 0.5) is 5.69 Å². The lowest BCUT2D eigenvalue weighted by atomic mass is 9.96. The second-order valence-corrected chi connectivity index (χ2v) is 5.59. The van der Waals surface area contributed by atoms with Gasteiger partial charge in [-0.15, -0.1) is 0 Å². The number of carbonyl (C=O) groups excluding carboxylic acids is 2. The van der Waals surface area contributed by atoms with Gasteiger partial charge in [0.25, 0.3) is 0 Å². The van der Waals surface area contributed by atoms with Gasteiger partial charge in [0.15, 0.2) is 5.82 Å². The molecule has 2 aromatic rings. The van der Waals surface area contributed by atoms with Crippen LogP contribution in [0.1, 0.15) is 19.8 Å². The zero-order valence-corrected chi connectivity index (χ0v) is 13.0. The molecule has 7 heteroatoms. The van der Waals surface area contributed by atoms with E-state index in [2.05, 4.69) is 15.4 Å². The lowest BCUT2D eigenvalue weighted by Crippen LogP contribution is -2.40. The number of hydrogen-bond acceptors (Lipinski definition) is 4. The average molecular weight is 313 g/mol. The normalized spacial score (nSPS) is 15.4. The number of pyridine rings is 1. The predicted molar refractivity (Wildman–Crippen MR) is 85.0 cm³/mol. The summed E-state index contributed by atoms with van der Waals surface area (Å²) in [7, 11) is 0. The van der Waals surface area contributed by atoms with Crippen LogP contribution in [0.15, 0.2) is 36.8 Å². The number of rotatable bonds is 3. The highest BCUT2D eigenvalue weighted by Crippen LogP contribution is 2.22. The lowest BCUT2D eigenvalue weighted by Gasteiger charge is -2.30. The number of piperidine rings is 1. The van der Waals surface area contributed by atoms with Gasteiger partial charge < -0.3 is 10.2 Å². The van der Waals surface area contributed by atoms with Crippen molar-refractivity contribution in [2.45, 2.75) is 19.8 Å². The minimum Gasteiger partial charge on any atom is -0.343 e. The summed E-state index contributed by atoms with van der Waals surface area (Å²) in [5.41, 5.74) is 0.634. The molecular weight excluding hydrogens is 294 g/mol. The second kappa shape index (κ2) is 6.60. The Morgan fingerprint density at radius 3 is 2.65 bits per heavy atom. The molecule has 0 radical (unpaired) electrons. The van der Waals surface area contributed by atoms with Crippen LogP contribution >= 0.6 is 0 Å². The Kier molecular flexibility index (Phi) is 4.36. The number of anilines is 1. The molecule has 2 aromatic heterocycles. The van der Waals surface area contributed by atoms with Gasteiger partial charge in [-0.05, 0) is 31.0 Å². The van der Waals surface area contributed by atoms with Crippen molar-refractivity contribution in [3.63, 3.8) is 0 Å². The van der Waals surface area contributed by atoms with Crippen LogP contribution in [-0.2, 0) is 9.59 Å². The molecule has 0 aliphatic carbocycles. The van der Waals surface area contributed by atoms with E-state index in [1.165, 1.54) is 0 Å². The van der Waals surface area contributed by atoms with Gasteiger partial charge >= 0.3 is 0 Å². The van der Waals surface area contributed by atoms with Crippen molar-refractivity contribution >= 4 is 17.5 Å². The first-order valence-electron chi connectivity index (χ1n) is 7.66. The lowest BCUT2D eigenvalue weighted by molar-refractivity contribution is -0.132. The number of likely N-dealkylation sites (tertiary alicyclic amines) is 1. The van der Waals surface area contributed by atoms with E-state index in [-0.39, 0.29) is 17.7 Å². The SMILES string of the molecule is CC(=O)N1CCC(C(=O)Nc2cccnc2-n2cccn2)CC1. The highest BCUT2D eigenvalue weighted by atomic mass is 16.2. The fraction of sp³-hybridized carbons (Fsp3) is 0.375. The molecule has 0 unspecified atom stereocenters. The highest BCUT2D eigenvalue weighted by molar-refractivity contribution is 5.94. The van der Waals surface area contributed by atoms with Crippen molar-refractivity contribution in [2.24, 2.45) is 5.92 Å². The van der Waals surface area contributed by atoms with Gasteiger partial charge in [-0.2, -0.15) is 5.10 Å². The molecule has 0 bridgehead atoms. The largest absolute Gasteiger partial charge is 0.343 e. The van der Waals surface area contributed by atoms with Gasteiger partial charge in [0.2, 0.25) is 11.8 Å². The minimum atomic E-state index is -0.0868. The van der Waals surface area contributed by atoms with E-state index in [9.17, 15) is 9.59 Å². The Bertz CT molecular complexity index is 690. The first-order valence-corrected chi connectivity index (χ1v) is 7.66. The fourth-order valence-electron chi connectivity index (χ4n) is 2.76. The number of amides is 2. The van der Waals surface area contributed by atoms with Gasteiger partial charge in [-0.25, -0.2) is 9.67 Å². The number of nitrogens with zero attached hydrogens (tertiary/aromatic N) is 4. The molecule has 2 amide bonds. The van der Waals surface area contributed by atoms with Crippen LogP contribution in [-0.4, -0.2) is 44.6 Å². The number of hydrogen-bond donors (Lipinski definition) is 1. The van der Waals surface area contributed by atoms with Crippen molar-refractivity contribution in [3.05, 3.63) is 36.8 Å². The Hall–Kier alpha value is -2.70. The summed E-state index contributed by atoms with van der Waals surface area (Å²) in [5, 5.41) is 7.10. The maximum atomic E-state index is 12.5. The molecule has 7 nitrogen and oxygen atoms in total. The topological polar surface area (TPSA) is 80.1 Å². The average Bonchev–Trinajstić information content (AvgIpc) is 3.09. The summed E-state index contributed by atoms with van der Waals surface area (Å²) in [6, 6.07) is 5.39. The van der Waals surface area contributed by atoms with Crippen molar-refractivity contribution in [1.29, 1.82) is 0 Å². The summed E-state index contributed by atoms with van der Waals surface area (Å²) in [5.74, 6) is 0.537. The zero-order valence-electron chi connectivity index (χ0n) is 13.0. The molecular formula is C16H19N5O2. The third kappa shape index (κ3) is 3.39. The molecule has 1 fully saturated rings. The predicted octanol–water partition coefficient (Wildman–Crippen LogP) is 1.46. The standard InChI is InChI=1S/C16H19N5O2/c1-12(22)20-10-5-13(6-11-20)16(23)19-14-4-2-7-17-15(14)21-9-3-8-18-21/h2-4,7-9,13H,5-6,10-11H2,1H3,(H,19,23). The molecule has 1 aliphatic heterocycles. The van der Waals surface area contributed by atoms with Gasteiger partial charge in [-0.1, -0.05) is 0 Å². The van der Waals surface area contributed by atoms with E-state index < -0.39 is 0 Å². The molecule has 0 spiro atoms. The summed E-state index contributed by atoms with van der Waals surface area (Å²) < 4.78 is 1.62. The number of carbonyl (C=O) groups is 2. The summed E-state index contributed by atoms with van der Waals surface area (Å²) in [4.78, 5) is 29.9. The van der Waals surface area contributed by atoms with E-state index >= 15 is 0 Å². The third-order valence-corrected chi connectivity index (χ3v) is 4.08. The van der Waals surface area contributed by atoms with Crippen molar-refractivity contribution in [2.75, 3.05) is 18.4 Å². The molecule has 3 rings (SSSR count). The van der Waals surface area contributed by atoms with Crippen LogP contribution < -0.4 is 5.32 Å². The molecule has 1 saturated heterocycles. The van der Waals surface area contributed by atoms with Crippen LogP contribution in [0.3, 0.4) is 0 Å². The fourth-order valence-corrected chi connectivity index (χ4v) is 2.76. The monoisotopic (exact) mass is 313 g/mol. The van der Waals surface area contributed by atoms with Gasteiger partial charge in [0.1, 0.15) is 0 Å². The third-order valence-electron chi connectivity index (χ3n) is 4.08.